The van der Waals surface area contributed by atoms with Crippen molar-refractivity contribution in [3.05, 3.63) is 34.3 Å². The van der Waals surface area contributed by atoms with Gasteiger partial charge in [0.1, 0.15) is 0 Å². The van der Waals surface area contributed by atoms with Gasteiger partial charge in [-0.3, -0.25) is 4.90 Å². The van der Waals surface area contributed by atoms with Gasteiger partial charge in [-0.25, -0.2) is 0 Å². The zero-order valence-corrected chi connectivity index (χ0v) is 15.1. The van der Waals surface area contributed by atoms with E-state index >= 15 is 0 Å². The van der Waals surface area contributed by atoms with Crippen LogP contribution in [0.25, 0.3) is 0 Å². The Kier molecular flexibility index (Phi) is 4.37. The molecule has 0 bridgehead atoms. The van der Waals surface area contributed by atoms with Crippen LogP contribution >= 0.6 is 15.9 Å². The van der Waals surface area contributed by atoms with Crippen LogP contribution in [0.4, 0.5) is 0 Å². The highest BCUT2D eigenvalue weighted by Gasteiger charge is 2.38. The zero-order valence-electron chi connectivity index (χ0n) is 13.5. The Morgan fingerprint density at radius 2 is 1.96 bits per heavy atom. The molecule has 1 aromatic carbocycles. The number of likely N-dealkylation sites (tertiary alicyclic amines) is 1. The van der Waals surface area contributed by atoms with Crippen molar-refractivity contribution in [2.75, 3.05) is 19.9 Å². The molecule has 1 unspecified atom stereocenters. The lowest BCUT2D eigenvalue weighted by atomic mass is 9.85. The number of allylic oxidation sites excluding steroid dienone is 1. The number of nitrogens with zero attached hydrogens (tertiary/aromatic N) is 1. The lowest BCUT2D eigenvalue weighted by Crippen LogP contribution is -2.43. The van der Waals surface area contributed by atoms with Crippen LogP contribution < -0.4 is 9.47 Å². The molecule has 2 heterocycles. The van der Waals surface area contributed by atoms with E-state index in [0.29, 0.717) is 12.3 Å². The fraction of sp³-hybridized carbons (Fsp3) is 0.579. The molecule has 0 amide bonds. The SMILES string of the molecule is Brc1cc2c(cc1CCCN1CCCC13C=CCCC3)OCO2. The second-order valence-electron chi connectivity index (χ2n) is 6.89. The highest BCUT2D eigenvalue weighted by molar-refractivity contribution is 9.10. The smallest absolute Gasteiger partial charge is 0.231 e. The number of ether oxygens (including phenoxy) is 2. The summed E-state index contributed by atoms with van der Waals surface area (Å²) in [4.78, 5) is 2.73. The molecule has 4 rings (SSSR count). The predicted octanol–water partition coefficient (Wildman–Crippen LogP) is 4.69. The molecule has 4 heteroatoms. The first-order valence-corrected chi connectivity index (χ1v) is 9.57. The van der Waals surface area contributed by atoms with E-state index in [1.807, 2.05) is 6.07 Å². The number of hydrogen-bond donors (Lipinski definition) is 0. The fourth-order valence-electron chi connectivity index (χ4n) is 4.29. The van der Waals surface area contributed by atoms with Crippen molar-refractivity contribution in [1.82, 2.24) is 4.90 Å². The lowest BCUT2D eigenvalue weighted by Gasteiger charge is -2.38. The van der Waals surface area contributed by atoms with Gasteiger partial charge in [0, 0.05) is 10.0 Å². The maximum absolute atomic E-state index is 5.50. The molecule has 0 N–H and O–H groups in total. The minimum atomic E-state index is 0.341. The first kappa shape index (κ1) is 15.5. The largest absolute Gasteiger partial charge is 0.454 e. The second-order valence-corrected chi connectivity index (χ2v) is 7.74. The normalized spacial score (nSPS) is 26.3. The molecular weight excluding hydrogens is 354 g/mol. The maximum Gasteiger partial charge on any atom is 0.231 e. The van der Waals surface area contributed by atoms with Gasteiger partial charge in [0.15, 0.2) is 11.5 Å². The molecule has 2 aliphatic heterocycles. The van der Waals surface area contributed by atoms with Gasteiger partial charge in [0.25, 0.3) is 0 Å². The van der Waals surface area contributed by atoms with Crippen molar-refractivity contribution in [2.24, 2.45) is 0 Å². The van der Waals surface area contributed by atoms with E-state index < -0.39 is 0 Å². The molecule has 0 saturated carbocycles. The summed E-state index contributed by atoms with van der Waals surface area (Å²) in [5.74, 6) is 1.74. The molecule has 124 valence electrons. The quantitative estimate of drug-likeness (QED) is 0.710. The number of benzene rings is 1. The van der Waals surface area contributed by atoms with Crippen molar-refractivity contribution < 1.29 is 9.47 Å². The first-order valence-electron chi connectivity index (χ1n) is 8.78. The van der Waals surface area contributed by atoms with Gasteiger partial charge in [-0.1, -0.05) is 28.1 Å². The molecule has 0 radical (unpaired) electrons. The topological polar surface area (TPSA) is 21.7 Å². The van der Waals surface area contributed by atoms with Gasteiger partial charge in [-0.2, -0.15) is 0 Å². The van der Waals surface area contributed by atoms with Crippen molar-refractivity contribution in [2.45, 2.75) is 50.5 Å². The average Bonchev–Trinajstić information content (AvgIpc) is 3.16. The highest BCUT2D eigenvalue weighted by Crippen LogP contribution is 2.39. The van der Waals surface area contributed by atoms with Gasteiger partial charge in [-0.15, -0.1) is 0 Å². The van der Waals surface area contributed by atoms with Crippen LogP contribution in [0.2, 0.25) is 0 Å². The van der Waals surface area contributed by atoms with E-state index in [-0.39, 0.29) is 0 Å². The van der Waals surface area contributed by atoms with Gasteiger partial charge >= 0.3 is 0 Å². The van der Waals surface area contributed by atoms with E-state index in [0.717, 1.165) is 22.4 Å². The van der Waals surface area contributed by atoms with Crippen LogP contribution in [0.15, 0.2) is 28.8 Å². The van der Waals surface area contributed by atoms with Gasteiger partial charge in [-0.05, 0) is 75.7 Å². The summed E-state index contributed by atoms with van der Waals surface area (Å²) in [6.45, 7) is 2.78. The van der Waals surface area contributed by atoms with Crippen molar-refractivity contribution in [1.29, 1.82) is 0 Å². The molecule has 1 aromatic rings. The predicted molar refractivity (Wildman–Crippen MR) is 95.1 cm³/mol. The third kappa shape index (κ3) is 3.03. The van der Waals surface area contributed by atoms with Crippen molar-refractivity contribution in [3.8, 4) is 11.5 Å². The fourth-order valence-corrected chi connectivity index (χ4v) is 4.81. The van der Waals surface area contributed by atoms with E-state index in [4.69, 9.17) is 9.47 Å². The zero-order chi connectivity index (χ0) is 15.7. The van der Waals surface area contributed by atoms with Crippen molar-refractivity contribution >= 4 is 15.9 Å². The first-order chi connectivity index (χ1) is 11.3. The summed E-state index contributed by atoms with van der Waals surface area (Å²) >= 11 is 3.67. The Balaban J connectivity index is 1.38. The highest BCUT2D eigenvalue weighted by atomic mass is 79.9. The van der Waals surface area contributed by atoms with Crippen LogP contribution in [0.3, 0.4) is 0 Å². The molecule has 1 saturated heterocycles. The monoisotopic (exact) mass is 377 g/mol. The Bertz CT molecular complexity index is 616. The number of fused-ring (bicyclic) bond motifs is 1. The van der Waals surface area contributed by atoms with Crippen LogP contribution in [-0.2, 0) is 6.42 Å². The Hall–Kier alpha value is -1.00. The molecule has 1 atom stereocenters. The van der Waals surface area contributed by atoms with Gasteiger partial charge < -0.3 is 9.47 Å². The van der Waals surface area contributed by atoms with Crippen LogP contribution in [0.1, 0.15) is 44.1 Å². The number of rotatable bonds is 4. The van der Waals surface area contributed by atoms with Crippen molar-refractivity contribution in [3.63, 3.8) is 0 Å². The van der Waals surface area contributed by atoms with E-state index in [9.17, 15) is 0 Å². The molecule has 0 aromatic heterocycles. The molecule has 1 fully saturated rings. The summed E-state index contributed by atoms with van der Waals surface area (Å²) < 4.78 is 12.1. The molecule has 1 spiro atoms. The minimum Gasteiger partial charge on any atom is -0.454 e. The number of halogens is 1. The summed E-state index contributed by atoms with van der Waals surface area (Å²) in [7, 11) is 0. The number of aryl methyl sites for hydroxylation is 1. The van der Waals surface area contributed by atoms with Gasteiger partial charge in [0.2, 0.25) is 6.79 Å². The maximum atomic E-state index is 5.50. The molecule has 1 aliphatic carbocycles. The van der Waals surface area contributed by atoms with Crippen LogP contribution in [-0.4, -0.2) is 30.3 Å². The average molecular weight is 378 g/mol. The summed E-state index contributed by atoms with van der Waals surface area (Å²) in [5, 5.41) is 0. The van der Waals surface area contributed by atoms with E-state index in [2.05, 4.69) is 39.0 Å². The minimum absolute atomic E-state index is 0.341. The van der Waals surface area contributed by atoms with E-state index in [1.54, 1.807) is 0 Å². The summed E-state index contributed by atoms with van der Waals surface area (Å²) in [6.07, 6.45) is 13.8. The third-order valence-electron chi connectivity index (χ3n) is 5.49. The molecule has 3 aliphatic rings. The molecular formula is C19H24BrNO2. The second kappa shape index (κ2) is 6.48. The molecule has 3 nitrogen and oxygen atoms in total. The van der Waals surface area contributed by atoms with Crippen LogP contribution in [0, 0.1) is 0 Å². The third-order valence-corrected chi connectivity index (χ3v) is 6.23. The van der Waals surface area contributed by atoms with Crippen LogP contribution in [0.5, 0.6) is 11.5 Å². The Morgan fingerprint density at radius 1 is 1.13 bits per heavy atom. The Morgan fingerprint density at radius 3 is 2.78 bits per heavy atom. The van der Waals surface area contributed by atoms with Gasteiger partial charge in [0.05, 0.1) is 0 Å². The standard InChI is InChI=1S/C19H24BrNO2/c20-16-13-18-17(22-14-23-18)12-15(16)6-4-10-21-11-5-9-19(21)7-2-1-3-8-19/h2,7,12-13H,1,3-6,8-11,14H2. The molecule has 23 heavy (non-hydrogen) atoms. The Labute approximate surface area is 146 Å². The lowest BCUT2D eigenvalue weighted by molar-refractivity contribution is 0.164. The summed E-state index contributed by atoms with van der Waals surface area (Å²) in [5.41, 5.74) is 1.70. The summed E-state index contributed by atoms with van der Waals surface area (Å²) in [6, 6.07) is 4.17. The number of hydrogen-bond acceptors (Lipinski definition) is 3. The van der Waals surface area contributed by atoms with E-state index in [1.165, 1.54) is 57.2 Å².